The molecule has 0 saturated heterocycles. The maximum atomic E-state index is 13.3. The summed E-state index contributed by atoms with van der Waals surface area (Å²) in [4.78, 5) is 358. The first-order chi connectivity index (χ1) is 33.5. The van der Waals surface area contributed by atoms with Crippen molar-refractivity contribution in [1.82, 2.24) is 0 Å². The molecule has 0 bridgehead atoms. The third-order valence-electron chi connectivity index (χ3n) is 9.06. The van der Waals surface area contributed by atoms with Crippen LogP contribution in [0, 0.1) is 0 Å². The molecule has 0 aromatic rings. The van der Waals surface area contributed by atoms with Crippen molar-refractivity contribution in [1.29, 1.82) is 0 Å². The van der Waals surface area contributed by atoms with E-state index < -0.39 is 204 Å². The Morgan fingerprint density at radius 3 is 0.575 bits per heavy atom. The minimum atomic E-state index is -2.71. The summed E-state index contributed by atoms with van der Waals surface area (Å²) in [5.74, 6) is -68.6. The van der Waals surface area contributed by atoms with Crippen LogP contribution >= 0.6 is 0 Å². The second-order valence-corrected chi connectivity index (χ2v) is 13.9. The lowest BCUT2D eigenvalue weighted by atomic mass is 9.91. The van der Waals surface area contributed by atoms with Crippen molar-refractivity contribution in [3.05, 3.63) is 24.3 Å². The summed E-state index contributed by atoms with van der Waals surface area (Å²) in [6.45, 7) is 2.14. The van der Waals surface area contributed by atoms with Gasteiger partial charge in [0.1, 0.15) is 0 Å². The van der Waals surface area contributed by atoms with Gasteiger partial charge in [-0.1, -0.05) is 13.8 Å². The van der Waals surface area contributed by atoms with Crippen LogP contribution in [0.25, 0.3) is 0 Å². The van der Waals surface area contributed by atoms with Crippen LogP contribution in [-0.2, 0) is 144 Å². The Hall–Kier alpha value is -10.5. The zero-order valence-electron chi connectivity index (χ0n) is 36.7. The predicted octanol–water partition coefficient (Wildman–Crippen LogP) is -9.94. The minimum Gasteiger partial charge on any atom is -0.310 e. The molecule has 0 aliphatic rings. The fourth-order valence-corrected chi connectivity index (χ4v) is 5.28. The van der Waals surface area contributed by atoms with Crippen LogP contribution in [0.4, 0.5) is 0 Å². The summed E-state index contributed by atoms with van der Waals surface area (Å²) < 4.78 is -1.28. The lowest BCUT2D eigenvalue weighted by molar-refractivity contribution is -0.920. The Labute approximate surface area is 399 Å². The highest BCUT2D eigenvalue weighted by atomic mass is 16.3. The Balaban J connectivity index is 6.11. The fraction of sp³-hybridized carbons (Fsp3) is 0.190. The Morgan fingerprint density at radius 2 is 0.411 bits per heavy atom. The highest BCUT2D eigenvalue weighted by molar-refractivity contribution is 7.00. The summed E-state index contributed by atoms with van der Waals surface area (Å²) in [7, 11) is 1.72. The Bertz CT molecular complexity index is 2780. The van der Waals surface area contributed by atoms with Crippen LogP contribution < -0.4 is 0 Å². The van der Waals surface area contributed by atoms with E-state index in [9.17, 15) is 144 Å². The molecule has 0 amide bonds. The minimum absolute atomic E-state index is 0.318. The second-order valence-electron chi connectivity index (χ2n) is 13.9. The molecule has 0 rings (SSSR count). The molecular formula is C42H24NO30+. The van der Waals surface area contributed by atoms with Crippen molar-refractivity contribution in [2.75, 3.05) is 14.1 Å². The first-order valence-electron chi connectivity index (χ1n) is 18.8. The van der Waals surface area contributed by atoms with Crippen molar-refractivity contribution in [2.45, 2.75) is 38.8 Å². The fourth-order valence-electron chi connectivity index (χ4n) is 5.28. The Morgan fingerprint density at radius 1 is 0.260 bits per heavy atom. The van der Waals surface area contributed by atoms with Gasteiger partial charge in [0.2, 0.25) is 23.1 Å². The molecule has 31 heteroatoms. The van der Waals surface area contributed by atoms with E-state index in [0.29, 0.717) is 0 Å². The molecule has 0 fully saturated rings. The number of aldehydes is 2. The monoisotopic (exact) mass is 1020 g/mol. The lowest BCUT2D eigenvalue weighted by Gasteiger charge is -2.41. The molecule has 376 valence electrons. The second kappa shape index (κ2) is 25.8. The smallest absolute Gasteiger partial charge is 0.281 e. The van der Waals surface area contributed by atoms with E-state index >= 15 is 0 Å². The molecular weight excluding hydrogens is 998 g/mol. The van der Waals surface area contributed by atoms with Gasteiger partial charge in [-0.3, -0.25) is 144 Å². The summed E-state index contributed by atoms with van der Waals surface area (Å²) in [5, 5.41) is 0. The van der Waals surface area contributed by atoms with Crippen molar-refractivity contribution in [3.63, 3.8) is 0 Å². The number of hydrogen-bond donors (Lipinski definition) is 0. The summed E-state index contributed by atoms with van der Waals surface area (Å²) >= 11 is 0. The highest BCUT2D eigenvalue weighted by Crippen LogP contribution is 2.22. The number of allylic oxidation sites excluding steroid dienone is 4. The summed E-state index contributed by atoms with van der Waals surface area (Å²) in [6, 6.07) is -4.12. The number of rotatable bonds is 36. The zero-order chi connectivity index (χ0) is 57.5. The zero-order valence-corrected chi connectivity index (χ0v) is 36.7. The molecule has 0 heterocycles. The molecule has 73 heavy (non-hydrogen) atoms. The third kappa shape index (κ3) is 14.3. The number of Topliss-reactive ketones (excluding diaryl/α,β-unsaturated/α-hetero) is 24. The van der Waals surface area contributed by atoms with E-state index in [1.807, 2.05) is 0 Å². The molecule has 0 aromatic carbocycles. The number of carbonyl (C=O) groups is 30. The number of nitrogens with zero attached hydrogens (tertiary/aromatic N) is 1. The molecule has 0 radical (unpaired) electrons. The molecule has 2 unspecified atom stereocenters. The van der Waals surface area contributed by atoms with Gasteiger partial charge in [-0.05, 0) is 24.3 Å². The first-order valence-corrected chi connectivity index (χ1v) is 18.8. The van der Waals surface area contributed by atoms with E-state index in [0.717, 1.165) is 27.9 Å². The largest absolute Gasteiger partial charge is 0.310 e. The quantitative estimate of drug-likeness (QED) is 0.0185. The van der Waals surface area contributed by atoms with Gasteiger partial charge in [-0.15, -0.1) is 0 Å². The van der Waals surface area contributed by atoms with Gasteiger partial charge in [0, 0.05) is 12.8 Å². The van der Waals surface area contributed by atoms with Crippen LogP contribution in [0.2, 0.25) is 0 Å². The van der Waals surface area contributed by atoms with Crippen LogP contribution in [-0.4, -0.2) is 205 Å². The highest BCUT2D eigenvalue weighted by Gasteiger charge is 2.51. The molecule has 0 N–H and O–H groups in total. The first kappa shape index (κ1) is 62.5. The van der Waals surface area contributed by atoms with Gasteiger partial charge in [-0.2, -0.15) is 0 Å². The van der Waals surface area contributed by atoms with E-state index in [4.69, 9.17) is 0 Å². The van der Waals surface area contributed by atoms with E-state index in [2.05, 4.69) is 0 Å². The van der Waals surface area contributed by atoms with Crippen LogP contribution in [0.1, 0.15) is 26.7 Å². The summed E-state index contributed by atoms with van der Waals surface area (Å²) in [5.41, 5.74) is 0. The number of carbonyl (C=O) groups excluding carboxylic acids is 30. The van der Waals surface area contributed by atoms with Crippen molar-refractivity contribution >= 4 is 175 Å². The van der Waals surface area contributed by atoms with E-state index in [-0.39, 0.29) is 24.3 Å². The molecule has 31 nitrogen and oxygen atoms in total. The van der Waals surface area contributed by atoms with Crippen molar-refractivity contribution in [2.24, 2.45) is 0 Å². The third-order valence-corrected chi connectivity index (χ3v) is 9.06. The van der Waals surface area contributed by atoms with Crippen molar-refractivity contribution < 1.29 is 148 Å². The average molecular weight is 1020 g/mol. The molecule has 0 aliphatic carbocycles. The molecule has 0 spiro atoms. The maximum absolute atomic E-state index is 13.3. The number of likely N-dealkylation sites (N-methyl/N-ethyl adjacent to an activating group) is 1. The number of quaternary nitrogens is 1. The van der Waals surface area contributed by atoms with Crippen LogP contribution in [0.15, 0.2) is 24.3 Å². The van der Waals surface area contributed by atoms with Gasteiger partial charge < -0.3 is 4.48 Å². The lowest BCUT2D eigenvalue weighted by Crippen LogP contribution is -2.64. The standard InChI is InChI=1S/C42H24NO30/c1-5-13(21(52)29(60)37(68)41(72)33(64)25(56)17(48)9-7-15(46)23(54)31(62)39(70)35(66)27(58)19(50)11-44)43(3,4)14(6-2)22(53)30(61)38(69)42(73)34(65)26(57)18(49)10-8-16(47)24(55)32(63)40(71)36(67)28(59)20(51)12-45/h7-14H,5-6H2,1-4H3/q+1/b9-7-,10-8-. The maximum Gasteiger partial charge on any atom is 0.281 e. The van der Waals surface area contributed by atoms with Gasteiger partial charge in [0.15, 0.2) is 24.7 Å². The van der Waals surface area contributed by atoms with Crippen molar-refractivity contribution in [3.8, 4) is 0 Å². The topological polar surface area (TPSA) is 512 Å². The molecule has 2 atom stereocenters. The van der Waals surface area contributed by atoms with Gasteiger partial charge in [-0.25, -0.2) is 0 Å². The SMILES string of the molecule is CCC(C(=O)C(=O)C(=O)C(=O)C(=O)C(=O)C(=O)/C=C\C(=O)C(=O)C(=O)C(=O)C(=O)C(=O)C(=O)C=O)[N+](C)(C)C(CC)C(=O)C(=O)C(=O)C(=O)C(=O)C(=O)C(=O)/C=C\C(=O)C(=O)C(=O)C(=O)C(=O)C(=O)C(=O)C=O. The van der Waals surface area contributed by atoms with Gasteiger partial charge >= 0.3 is 0 Å². The normalized spacial score (nSPS) is 11.5. The molecule has 0 aromatic heterocycles. The van der Waals surface area contributed by atoms with Crippen LogP contribution in [0.5, 0.6) is 0 Å². The van der Waals surface area contributed by atoms with E-state index in [1.54, 1.807) is 0 Å². The number of ketones is 28. The van der Waals surface area contributed by atoms with Gasteiger partial charge in [0.25, 0.3) is 139 Å². The molecule has 0 aliphatic heterocycles. The average Bonchev–Trinajstić information content (AvgIpc) is 3.38. The van der Waals surface area contributed by atoms with E-state index in [1.165, 1.54) is 0 Å². The molecule has 0 saturated carbocycles. The van der Waals surface area contributed by atoms with Gasteiger partial charge in [0.05, 0.1) is 14.1 Å². The Kier molecular flexibility index (Phi) is 22.1. The van der Waals surface area contributed by atoms with Crippen LogP contribution in [0.3, 0.4) is 0 Å². The predicted molar refractivity (Wildman–Crippen MR) is 211 cm³/mol. The number of hydrogen-bond acceptors (Lipinski definition) is 30. The summed E-state index contributed by atoms with van der Waals surface area (Å²) in [6.07, 6.45) is -4.09.